The van der Waals surface area contributed by atoms with Crippen LogP contribution in [0.4, 0.5) is 0 Å². The van der Waals surface area contributed by atoms with Crippen molar-refractivity contribution in [3.05, 3.63) is 0 Å². The SMILES string of the molecule is COC(=O)C1CC(OCC(C)C(C)O)C(OC(O)C(O)C(O)C(O)C(C)CO)CC1C(=O)OC. The summed E-state index contributed by atoms with van der Waals surface area (Å²) in [4.78, 5) is 24.7. The van der Waals surface area contributed by atoms with Crippen molar-refractivity contribution in [3.8, 4) is 0 Å². The predicted molar refractivity (Wildman–Crippen MR) is 116 cm³/mol. The van der Waals surface area contributed by atoms with Gasteiger partial charge >= 0.3 is 11.9 Å². The number of esters is 2. The van der Waals surface area contributed by atoms with Crippen LogP contribution in [0.1, 0.15) is 33.6 Å². The van der Waals surface area contributed by atoms with Gasteiger partial charge in [0, 0.05) is 18.4 Å². The fourth-order valence-corrected chi connectivity index (χ4v) is 3.76. The number of hydrogen-bond acceptors (Lipinski definition) is 12. The Bertz CT molecular complexity index is 629. The zero-order chi connectivity index (χ0) is 26.2. The van der Waals surface area contributed by atoms with E-state index in [4.69, 9.17) is 24.1 Å². The largest absolute Gasteiger partial charge is 0.469 e. The Labute approximate surface area is 199 Å². The molecule has 12 nitrogen and oxygen atoms in total. The lowest BCUT2D eigenvalue weighted by Crippen LogP contribution is -2.53. The highest BCUT2D eigenvalue weighted by Crippen LogP contribution is 2.36. The van der Waals surface area contributed by atoms with Crippen molar-refractivity contribution in [2.75, 3.05) is 27.4 Å². The number of aliphatic hydroxyl groups excluding tert-OH is 6. The summed E-state index contributed by atoms with van der Waals surface area (Å²) in [5.41, 5.74) is 0. The number of methoxy groups -OCH3 is 2. The molecule has 1 aliphatic carbocycles. The molecule has 200 valence electrons. The Morgan fingerprint density at radius 1 is 0.794 bits per heavy atom. The monoisotopic (exact) mass is 496 g/mol. The number of hydrogen-bond donors (Lipinski definition) is 6. The van der Waals surface area contributed by atoms with Crippen molar-refractivity contribution in [2.45, 2.75) is 76.5 Å². The van der Waals surface area contributed by atoms with Gasteiger partial charge in [-0.1, -0.05) is 13.8 Å². The summed E-state index contributed by atoms with van der Waals surface area (Å²) in [5.74, 6) is -4.29. The van der Waals surface area contributed by atoms with Crippen LogP contribution >= 0.6 is 0 Å². The molecule has 0 amide bonds. The summed E-state index contributed by atoms with van der Waals surface area (Å²) in [6.07, 6.45) is -10.0. The van der Waals surface area contributed by atoms with Crippen molar-refractivity contribution in [3.63, 3.8) is 0 Å². The Morgan fingerprint density at radius 3 is 1.74 bits per heavy atom. The molecule has 0 spiro atoms. The minimum Gasteiger partial charge on any atom is -0.469 e. The van der Waals surface area contributed by atoms with Gasteiger partial charge in [0.2, 0.25) is 0 Å². The van der Waals surface area contributed by atoms with Crippen LogP contribution in [0.15, 0.2) is 0 Å². The zero-order valence-electron chi connectivity index (χ0n) is 20.3. The highest BCUT2D eigenvalue weighted by molar-refractivity contribution is 5.82. The fraction of sp³-hybridized carbons (Fsp3) is 0.909. The van der Waals surface area contributed by atoms with E-state index in [0.29, 0.717) is 0 Å². The van der Waals surface area contributed by atoms with Gasteiger partial charge in [-0.3, -0.25) is 9.59 Å². The van der Waals surface area contributed by atoms with E-state index >= 15 is 0 Å². The minimum absolute atomic E-state index is 0.0286. The molecule has 1 aliphatic rings. The smallest absolute Gasteiger partial charge is 0.309 e. The second-order valence-electron chi connectivity index (χ2n) is 9.02. The van der Waals surface area contributed by atoms with Crippen molar-refractivity contribution >= 4 is 11.9 Å². The van der Waals surface area contributed by atoms with E-state index < -0.39 is 79.2 Å². The van der Waals surface area contributed by atoms with Crippen molar-refractivity contribution in [2.24, 2.45) is 23.7 Å². The quantitative estimate of drug-likeness (QED) is 0.124. The molecular weight excluding hydrogens is 456 g/mol. The van der Waals surface area contributed by atoms with E-state index in [1.165, 1.54) is 14.0 Å². The highest BCUT2D eigenvalue weighted by Gasteiger charge is 2.47. The summed E-state index contributed by atoms with van der Waals surface area (Å²) < 4.78 is 21.0. The van der Waals surface area contributed by atoms with E-state index in [1.807, 2.05) is 0 Å². The number of ether oxygens (including phenoxy) is 4. The van der Waals surface area contributed by atoms with Crippen LogP contribution in [-0.2, 0) is 28.5 Å². The van der Waals surface area contributed by atoms with Crippen LogP contribution in [0.5, 0.6) is 0 Å². The Hall–Kier alpha value is -1.38. The van der Waals surface area contributed by atoms with Gasteiger partial charge in [0.05, 0.1) is 57.1 Å². The molecule has 1 fully saturated rings. The van der Waals surface area contributed by atoms with Gasteiger partial charge in [0.15, 0.2) is 6.29 Å². The second kappa shape index (κ2) is 14.2. The summed E-state index contributed by atoms with van der Waals surface area (Å²) in [6.45, 7) is 4.39. The third-order valence-corrected chi connectivity index (χ3v) is 6.45. The van der Waals surface area contributed by atoms with Gasteiger partial charge in [-0.25, -0.2) is 0 Å². The maximum Gasteiger partial charge on any atom is 0.309 e. The second-order valence-corrected chi connectivity index (χ2v) is 9.02. The van der Waals surface area contributed by atoms with Crippen LogP contribution in [0.25, 0.3) is 0 Å². The number of carbonyl (C=O) groups is 2. The molecule has 11 unspecified atom stereocenters. The molecule has 12 heteroatoms. The first kappa shape index (κ1) is 30.7. The molecule has 11 atom stereocenters. The van der Waals surface area contributed by atoms with Gasteiger partial charge in [0.1, 0.15) is 12.2 Å². The van der Waals surface area contributed by atoms with E-state index in [-0.39, 0.29) is 25.4 Å². The van der Waals surface area contributed by atoms with Crippen molar-refractivity contribution in [1.82, 2.24) is 0 Å². The Balaban J connectivity index is 3.09. The minimum atomic E-state index is -1.99. The summed E-state index contributed by atoms with van der Waals surface area (Å²) in [7, 11) is 2.35. The summed E-state index contributed by atoms with van der Waals surface area (Å²) in [5, 5.41) is 59.8. The highest BCUT2D eigenvalue weighted by atomic mass is 16.6. The van der Waals surface area contributed by atoms with E-state index in [1.54, 1.807) is 13.8 Å². The van der Waals surface area contributed by atoms with Gasteiger partial charge in [-0.2, -0.15) is 0 Å². The number of rotatable bonds is 13. The first-order valence-corrected chi connectivity index (χ1v) is 11.3. The lowest BCUT2D eigenvalue weighted by atomic mass is 9.76. The molecule has 1 saturated carbocycles. The molecule has 6 N–H and O–H groups in total. The molecular formula is C22H40O12. The van der Waals surface area contributed by atoms with Gasteiger partial charge < -0.3 is 49.6 Å². The topological polar surface area (TPSA) is 192 Å². The molecule has 0 aliphatic heterocycles. The standard InChI is InChI=1S/C22H40O12/c1-10(8-23)17(25)18(26)19(27)22(30)34-16-7-14(21(29)32-5)13(20(28)31-4)6-15(16)33-9-11(2)12(3)24/h10-19,22-27,30H,6-9H2,1-5H3. The maximum atomic E-state index is 12.4. The normalized spacial score (nSPS) is 29.3. The van der Waals surface area contributed by atoms with Gasteiger partial charge in [0.25, 0.3) is 0 Å². The average molecular weight is 497 g/mol. The first-order chi connectivity index (χ1) is 15.9. The van der Waals surface area contributed by atoms with Crippen molar-refractivity contribution in [1.29, 1.82) is 0 Å². The predicted octanol–water partition coefficient (Wildman–Crippen LogP) is -1.82. The third kappa shape index (κ3) is 8.09. The Morgan fingerprint density at radius 2 is 1.29 bits per heavy atom. The van der Waals surface area contributed by atoms with Crippen LogP contribution < -0.4 is 0 Å². The van der Waals surface area contributed by atoms with E-state index in [2.05, 4.69) is 0 Å². The molecule has 0 saturated heterocycles. The molecule has 0 bridgehead atoms. The van der Waals surface area contributed by atoms with Crippen LogP contribution in [0.3, 0.4) is 0 Å². The van der Waals surface area contributed by atoms with Crippen LogP contribution in [0.2, 0.25) is 0 Å². The first-order valence-electron chi connectivity index (χ1n) is 11.3. The van der Waals surface area contributed by atoms with Crippen molar-refractivity contribution < 1.29 is 59.2 Å². The van der Waals surface area contributed by atoms with Gasteiger partial charge in [-0.15, -0.1) is 0 Å². The molecule has 0 aromatic rings. The van der Waals surface area contributed by atoms with Crippen LogP contribution in [-0.4, -0.2) is 113 Å². The van der Waals surface area contributed by atoms with E-state index in [9.17, 15) is 35.1 Å². The molecule has 0 heterocycles. The molecule has 1 rings (SSSR count). The maximum absolute atomic E-state index is 12.4. The average Bonchev–Trinajstić information content (AvgIpc) is 2.84. The van der Waals surface area contributed by atoms with E-state index in [0.717, 1.165) is 7.11 Å². The lowest BCUT2D eigenvalue weighted by molar-refractivity contribution is -0.251. The summed E-state index contributed by atoms with van der Waals surface area (Å²) >= 11 is 0. The molecule has 34 heavy (non-hydrogen) atoms. The number of aliphatic hydroxyl groups is 6. The zero-order valence-corrected chi connectivity index (χ0v) is 20.3. The molecule has 0 aromatic carbocycles. The van der Waals surface area contributed by atoms with Crippen LogP contribution in [0, 0.1) is 23.7 Å². The molecule has 0 radical (unpaired) electrons. The van der Waals surface area contributed by atoms with Gasteiger partial charge in [-0.05, 0) is 19.8 Å². The third-order valence-electron chi connectivity index (χ3n) is 6.45. The molecule has 0 aromatic heterocycles. The Kier molecular flexibility index (Phi) is 12.8. The fourth-order valence-electron chi connectivity index (χ4n) is 3.76. The lowest BCUT2D eigenvalue weighted by Gasteiger charge is -2.40. The summed E-state index contributed by atoms with van der Waals surface area (Å²) in [6, 6.07) is 0. The number of carbonyl (C=O) groups excluding carboxylic acids is 2.